The molecule has 23 heteroatoms. The summed E-state index contributed by atoms with van der Waals surface area (Å²) in [5, 5.41) is 7.04. The summed E-state index contributed by atoms with van der Waals surface area (Å²) >= 11 is 1.25. The predicted molar refractivity (Wildman–Crippen MR) is 277 cm³/mol. The monoisotopic (exact) mass is 1080 g/mol. The van der Waals surface area contributed by atoms with Crippen LogP contribution in [0.25, 0.3) is 33.4 Å². The Kier molecular flexibility index (Phi) is 16.7. The zero-order chi connectivity index (χ0) is 54.1. The first-order chi connectivity index (χ1) is 35.5. The number of allylic oxidation sites excluding steroid dienone is 1. The van der Waals surface area contributed by atoms with Crippen LogP contribution >= 0.6 is 11.3 Å². The number of hydrazine groups is 1. The fourth-order valence-electron chi connectivity index (χ4n) is 11.0. The van der Waals surface area contributed by atoms with Crippen molar-refractivity contribution in [3.8, 4) is 22.5 Å². The molecule has 4 aliphatic heterocycles. The number of hydrogen-bond acceptors (Lipinski definition) is 12. The normalized spacial score (nSPS) is 23.3. The molecule has 0 saturated carbocycles. The minimum atomic E-state index is -4.60. The number of carbonyl (C=O) groups is 5. The molecule has 3 fully saturated rings. The summed E-state index contributed by atoms with van der Waals surface area (Å²) in [6, 6.07) is 5.40. The maximum Gasteiger partial charge on any atom is 0.406 e. The summed E-state index contributed by atoms with van der Waals surface area (Å²) in [6.07, 6.45) is -0.782. The average Bonchev–Trinajstić information content (AvgIpc) is 4.12. The van der Waals surface area contributed by atoms with Gasteiger partial charge in [0.05, 0.1) is 76.9 Å². The van der Waals surface area contributed by atoms with Gasteiger partial charge in [-0.3, -0.25) is 24.4 Å². The maximum absolute atomic E-state index is 15.0. The highest BCUT2D eigenvalue weighted by Crippen LogP contribution is 2.43. The van der Waals surface area contributed by atoms with Crippen LogP contribution in [0.4, 0.5) is 22.4 Å². The lowest BCUT2D eigenvalue weighted by molar-refractivity contribution is -0.148. The van der Waals surface area contributed by atoms with Gasteiger partial charge < -0.3 is 43.6 Å². The van der Waals surface area contributed by atoms with E-state index in [0.29, 0.717) is 62.5 Å². The Balaban J connectivity index is 1.17. The molecular formula is C52H67F4N9O8SSi. The van der Waals surface area contributed by atoms with Crippen molar-refractivity contribution < 1.29 is 55.7 Å². The Morgan fingerprint density at radius 2 is 1.89 bits per heavy atom. The van der Waals surface area contributed by atoms with Crippen LogP contribution in [-0.4, -0.2) is 176 Å². The van der Waals surface area contributed by atoms with Gasteiger partial charge in [0, 0.05) is 79.9 Å². The molecule has 7 heterocycles. The van der Waals surface area contributed by atoms with E-state index in [9.17, 15) is 41.5 Å². The van der Waals surface area contributed by atoms with Gasteiger partial charge in [-0.2, -0.15) is 13.2 Å². The minimum Gasteiger partial charge on any atom is -0.378 e. The number of thiazole rings is 1. The number of methoxy groups -OCH3 is 1. The molecule has 17 nitrogen and oxygen atoms in total. The highest BCUT2D eigenvalue weighted by molar-refractivity contribution is 7.10. The molecule has 406 valence electrons. The van der Waals surface area contributed by atoms with E-state index in [1.54, 1.807) is 61.5 Å². The molecule has 5 amide bonds. The molecule has 3 aromatic heterocycles. The summed E-state index contributed by atoms with van der Waals surface area (Å²) in [5.74, 6) is -1.97. The minimum absolute atomic E-state index is 0.0863. The predicted octanol–water partition coefficient (Wildman–Crippen LogP) is 4.99. The SMILES string of the molecule is CO[C@@H](C)c1ncccc1-c1c2c3cc(ccc3n1CC(F)(F)F)-c1csc(n1)C[C@H](NC(=O)[C@H](C(C)C)N(C)C(=O)N1C[C@@H]3OCCN(C(=O)/C=C/CF)[C@@H]3C1)C(=O)N1CCC[C@@](C(=O)[SiH3])(COCC(C)(C)C2)N1. The van der Waals surface area contributed by atoms with Crippen LogP contribution in [0.1, 0.15) is 69.8 Å². The number of carbonyl (C=O) groups excluding carboxylic acids is 5. The zero-order valence-corrected chi connectivity index (χ0v) is 46.5. The van der Waals surface area contributed by atoms with Crippen LogP contribution in [0.3, 0.4) is 0 Å². The van der Waals surface area contributed by atoms with Crippen molar-refractivity contribution in [2.24, 2.45) is 11.3 Å². The van der Waals surface area contributed by atoms with E-state index in [-0.39, 0.29) is 80.4 Å². The maximum atomic E-state index is 15.0. The first-order valence-electron chi connectivity index (χ1n) is 25.3. The second-order valence-corrected chi connectivity index (χ2v) is 23.0. The number of likely N-dealkylation sites (tertiary alicyclic amines) is 1. The number of fused-ring (bicyclic) bond motifs is 7. The first kappa shape index (κ1) is 55.6. The Hall–Kier alpha value is -5.59. The second-order valence-electron chi connectivity index (χ2n) is 21.2. The van der Waals surface area contributed by atoms with Gasteiger partial charge in [-0.25, -0.2) is 19.6 Å². The number of nitrogens with zero attached hydrogens (tertiary/aromatic N) is 7. The van der Waals surface area contributed by atoms with Crippen molar-refractivity contribution in [3.05, 3.63) is 70.3 Å². The van der Waals surface area contributed by atoms with Crippen molar-refractivity contribution in [3.63, 3.8) is 0 Å². The highest BCUT2D eigenvalue weighted by atomic mass is 32.1. The van der Waals surface area contributed by atoms with E-state index < -0.39 is 84.4 Å². The number of benzene rings is 1. The number of halogens is 4. The molecule has 0 aliphatic carbocycles. The zero-order valence-electron chi connectivity index (χ0n) is 43.7. The number of ether oxygens (including phenoxy) is 3. The van der Waals surface area contributed by atoms with Crippen LogP contribution in [0.2, 0.25) is 0 Å². The molecule has 6 atom stereocenters. The van der Waals surface area contributed by atoms with E-state index in [0.717, 1.165) is 6.08 Å². The summed E-state index contributed by atoms with van der Waals surface area (Å²) in [6.45, 7) is 8.20. The lowest BCUT2D eigenvalue weighted by Gasteiger charge is -2.43. The lowest BCUT2D eigenvalue weighted by Crippen LogP contribution is -2.68. The number of rotatable bonds is 11. The number of nitrogens with one attached hydrogen (secondary N) is 2. The number of urea groups is 1. The van der Waals surface area contributed by atoms with Crippen molar-refractivity contribution in [1.29, 1.82) is 0 Å². The fraction of sp³-hybridized carbons (Fsp3) is 0.558. The second kappa shape index (κ2) is 22.5. The molecule has 1 aromatic carbocycles. The third-order valence-corrected chi connectivity index (χ3v) is 16.6. The molecule has 0 spiro atoms. The van der Waals surface area contributed by atoms with Crippen molar-refractivity contribution in [1.82, 2.24) is 45.0 Å². The third kappa shape index (κ3) is 11.9. The van der Waals surface area contributed by atoms with Gasteiger partial charge in [0.15, 0.2) is 0 Å². The van der Waals surface area contributed by atoms with Gasteiger partial charge in [-0.1, -0.05) is 33.8 Å². The van der Waals surface area contributed by atoms with Gasteiger partial charge in [0.1, 0.15) is 36.2 Å². The summed E-state index contributed by atoms with van der Waals surface area (Å²) in [4.78, 5) is 84.8. The van der Waals surface area contributed by atoms with Crippen molar-refractivity contribution in [2.75, 3.05) is 66.8 Å². The Bertz CT molecular complexity index is 2820. The largest absolute Gasteiger partial charge is 0.406 e. The van der Waals surface area contributed by atoms with Gasteiger partial charge in [-0.15, -0.1) is 11.3 Å². The standard InChI is InChI=1S/C52H67F4N9O8SSi/c1-30(2)44(61(6)49(70)62-24-39-40(25-62)73-20-19-63(39)42(66)12-8-16-53)46(67)59-36-22-41-58-37(26-74-41)32-13-14-38-34(21-32)35(45(64(38)27-52(54,55)56)33-11-9-17-57-43(33)31(3)71-7)23-50(4,5)28-72-29-51(48(69)75)15-10-18-65(60-51)47(36)68/h8-9,11-14,17,21,26,30-31,36,39-40,44,60H,10,15-16,18-20,22-25,27-29H2,1-7,75H3,(H,59,67)/b12-8+/t31-,36-,39+,40-,44-,51-/m0/s1. The molecule has 0 unspecified atom stereocenters. The Morgan fingerprint density at radius 3 is 2.60 bits per heavy atom. The topological polar surface area (TPSA) is 181 Å². The number of amides is 5. The Morgan fingerprint density at radius 1 is 1.12 bits per heavy atom. The first-order valence-corrected chi connectivity index (χ1v) is 27.2. The Labute approximate surface area is 440 Å². The number of aromatic nitrogens is 3. The number of morpholine rings is 1. The van der Waals surface area contributed by atoms with Crippen LogP contribution in [0.5, 0.6) is 0 Å². The summed E-state index contributed by atoms with van der Waals surface area (Å²) in [7, 11) is 3.14. The molecule has 6 bridgehead atoms. The number of pyridine rings is 1. The van der Waals surface area contributed by atoms with E-state index in [1.807, 2.05) is 19.9 Å². The van der Waals surface area contributed by atoms with Gasteiger partial charge in [0.25, 0.3) is 5.91 Å². The smallest absolute Gasteiger partial charge is 0.378 e. The van der Waals surface area contributed by atoms with E-state index >= 15 is 0 Å². The van der Waals surface area contributed by atoms with E-state index in [1.165, 1.54) is 50.9 Å². The molecule has 4 aliphatic rings. The van der Waals surface area contributed by atoms with Crippen molar-refractivity contribution >= 4 is 61.6 Å². The number of alkyl halides is 4. The molecule has 4 aromatic rings. The van der Waals surface area contributed by atoms with E-state index in [2.05, 4.69) is 15.7 Å². The van der Waals surface area contributed by atoms with Gasteiger partial charge >= 0.3 is 12.2 Å². The fourth-order valence-corrected chi connectivity index (χ4v) is 12.4. The van der Waals surface area contributed by atoms with Gasteiger partial charge in [0.2, 0.25) is 11.8 Å². The van der Waals surface area contributed by atoms with E-state index in [4.69, 9.17) is 19.2 Å². The molecule has 3 saturated heterocycles. The third-order valence-electron chi connectivity index (χ3n) is 14.8. The lowest BCUT2D eigenvalue weighted by atomic mass is 9.84. The quantitative estimate of drug-likeness (QED) is 0.117. The van der Waals surface area contributed by atoms with Crippen LogP contribution in [-0.2, 0) is 52.8 Å². The number of hydrogen-bond donors (Lipinski definition) is 2. The molecule has 2 N–H and O–H groups in total. The summed E-state index contributed by atoms with van der Waals surface area (Å²) < 4.78 is 76.6. The average molecular weight is 1080 g/mol. The van der Waals surface area contributed by atoms with Crippen LogP contribution in [0.15, 0.2) is 54.1 Å². The van der Waals surface area contributed by atoms with Crippen molar-refractivity contribution in [2.45, 2.75) is 109 Å². The highest BCUT2D eigenvalue weighted by Gasteiger charge is 2.47. The molecule has 8 rings (SSSR count). The molecule has 0 radical (unpaired) electrons. The molecule has 75 heavy (non-hydrogen) atoms. The van der Waals surface area contributed by atoms with Crippen LogP contribution < -0.4 is 10.7 Å². The molecular weight excluding hydrogens is 1010 g/mol. The van der Waals surface area contributed by atoms with Crippen LogP contribution in [0, 0.1) is 11.3 Å². The number of likely N-dealkylation sites (N-methyl/N-ethyl adjacent to an activating group) is 1. The summed E-state index contributed by atoms with van der Waals surface area (Å²) in [5.41, 5.74) is 4.65. The van der Waals surface area contributed by atoms with Gasteiger partial charge in [-0.05, 0) is 73.4 Å².